The number of carbonyl (C=O) groups excluding carboxylic acids is 1. The molecule has 1 amide bonds. The maximum absolute atomic E-state index is 13.2. The lowest BCUT2D eigenvalue weighted by atomic mass is 10.1. The van der Waals surface area contributed by atoms with Gasteiger partial charge >= 0.3 is 0 Å². The summed E-state index contributed by atoms with van der Waals surface area (Å²) in [6.07, 6.45) is 4.63. The van der Waals surface area contributed by atoms with Crippen LogP contribution in [0.3, 0.4) is 0 Å². The number of fused-ring (bicyclic) bond motifs is 1. The number of hydrogen-bond donors (Lipinski definition) is 2. The summed E-state index contributed by atoms with van der Waals surface area (Å²) >= 11 is 0. The average Bonchev–Trinajstić information content (AvgIpc) is 2.90. The SMILES string of the molecule is O=C1Nc2ccc(F)cc2C1NC1CCCC1. The zero-order valence-electron chi connectivity index (χ0n) is 9.50. The second-order valence-electron chi connectivity index (χ2n) is 4.80. The fourth-order valence-electron chi connectivity index (χ4n) is 2.73. The molecule has 0 aromatic heterocycles. The Kier molecular flexibility index (Phi) is 2.59. The molecule has 1 aromatic carbocycles. The summed E-state index contributed by atoms with van der Waals surface area (Å²) < 4.78 is 13.2. The molecular weight excluding hydrogens is 219 g/mol. The van der Waals surface area contributed by atoms with E-state index in [1.54, 1.807) is 6.07 Å². The third-order valence-electron chi connectivity index (χ3n) is 3.60. The minimum absolute atomic E-state index is 0.0718. The van der Waals surface area contributed by atoms with E-state index in [0.717, 1.165) is 24.1 Å². The topological polar surface area (TPSA) is 41.1 Å². The fourth-order valence-corrected chi connectivity index (χ4v) is 2.73. The molecule has 0 bridgehead atoms. The molecule has 1 unspecified atom stereocenters. The smallest absolute Gasteiger partial charge is 0.246 e. The Morgan fingerprint density at radius 3 is 2.82 bits per heavy atom. The molecule has 1 fully saturated rings. The highest BCUT2D eigenvalue weighted by molar-refractivity contribution is 6.02. The largest absolute Gasteiger partial charge is 0.324 e. The van der Waals surface area contributed by atoms with E-state index in [-0.39, 0.29) is 17.8 Å². The van der Waals surface area contributed by atoms with Crippen LogP contribution >= 0.6 is 0 Å². The van der Waals surface area contributed by atoms with Gasteiger partial charge in [0, 0.05) is 17.3 Å². The van der Waals surface area contributed by atoms with Gasteiger partial charge in [-0.2, -0.15) is 0 Å². The molecule has 0 spiro atoms. The Hall–Kier alpha value is -1.42. The van der Waals surface area contributed by atoms with Crippen LogP contribution in [0, 0.1) is 5.82 Å². The van der Waals surface area contributed by atoms with Crippen LogP contribution in [-0.2, 0) is 4.79 Å². The molecular formula is C13H15FN2O. The summed E-state index contributed by atoms with van der Waals surface area (Å²) in [5.74, 6) is -0.365. The number of nitrogens with one attached hydrogen (secondary N) is 2. The van der Waals surface area contributed by atoms with Crippen LogP contribution in [0.15, 0.2) is 18.2 Å². The summed E-state index contributed by atoms with van der Waals surface area (Å²) in [5.41, 5.74) is 1.47. The van der Waals surface area contributed by atoms with Crippen LogP contribution in [0.1, 0.15) is 37.3 Å². The lowest BCUT2D eigenvalue weighted by Gasteiger charge is -2.17. The van der Waals surface area contributed by atoms with Gasteiger partial charge in [0.15, 0.2) is 0 Å². The van der Waals surface area contributed by atoms with Crippen molar-refractivity contribution in [3.05, 3.63) is 29.6 Å². The van der Waals surface area contributed by atoms with Crippen molar-refractivity contribution in [1.29, 1.82) is 0 Å². The molecule has 0 radical (unpaired) electrons. The molecule has 3 rings (SSSR count). The number of hydrogen-bond acceptors (Lipinski definition) is 2. The third kappa shape index (κ3) is 1.93. The molecule has 2 aliphatic rings. The van der Waals surface area contributed by atoms with E-state index in [1.807, 2.05) is 0 Å². The fraction of sp³-hybridized carbons (Fsp3) is 0.462. The predicted octanol–water partition coefficient (Wildman–Crippen LogP) is 2.35. The standard InChI is InChI=1S/C13H15FN2O/c14-8-5-6-11-10(7-8)12(13(17)16-11)15-9-3-1-2-4-9/h5-7,9,12,15H,1-4H2,(H,16,17). The van der Waals surface area contributed by atoms with E-state index in [4.69, 9.17) is 0 Å². The molecule has 3 nitrogen and oxygen atoms in total. The maximum atomic E-state index is 13.2. The molecule has 17 heavy (non-hydrogen) atoms. The van der Waals surface area contributed by atoms with Crippen LogP contribution in [0.5, 0.6) is 0 Å². The Morgan fingerprint density at radius 2 is 2.06 bits per heavy atom. The Morgan fingerprint density at radius 1 is 1.29 bits per heavy atom. The Balaban J connectivity index is 1.85. The van der Waals surface area contributed by atoms with E-state index in [2.05, 4.69) is 10.6 Å². The van der Waals surface area contributed by atoms with Crippen LogP contribution in [-0.4, -0.2) is 11.9 Å². The maximum Gasteiger partial charge on any atom is 0.246 e. The first kappa shape index (κ1) is 10.7. The van der Waals surface area contributed by atoms with Crippen molar-refractivity contribution in [2.45, 2.75) is 37.8 Å². The minimum Gasteiger partial charge on any atom is -0.324 e. The number of anilines is 1. The van der Waals surface area contributed by atoms with Gasteiger partial charge in [-0.15, -0.1) is 0 Å². The molecule has 1 saturated carbocycles. The average molecular weight is 234 g/mol. The molecule has 2 N–H and O–H groups in total. The van der Waals surface area contributed by atoms with Crippen molar-refractivity contribution in [2.24, 2.45) is 0 Å². The van der Waals surface area contributed by atoms with E-state index in [0.29, 0.717) is 6.04 Å². The normalized spacial score (nSPS) is 23.8. The van der Waals surface area contributed by atoms with Gasteiger partial charge in [0.2, 0.25) is 5.91 Å². The molecule has 90 valence electrons. The highest BCUT2D eigenvalue weighted by atomic mass is 19.1. The zero-order valence-corrected chi connectivity index (χ0v) is 9.50. The van der Waals surface area contributed by atoms with Crippen LogP contribution in [0.4, 0.5) is 10.1 Å². The van der Waals surface area contributed by atoms with Gasteiger partial charge < -0.3 is 5.32 Å². The van der Waals surface area contributed by atoms with Crippen molar-refractivity contribution in [1.82, 2.24) is 5.32 Å². The highest BCUT2D eigenvalue weighted by Crippen LogP contribution is 2.33. The Labute approximate surface area is 99.4 Å². The highest BCUT2D eigenvalue weighted by Gasteiger charge is 2.32. The minimum atomic E-state index is -0.385. The van der Waals surface area contributed by atoms with Gasteiger partial charge in [-0.1, -0.05) is 12.8 Å². The number of benzene rings is 1. The molecule has 1 aliphatic carbocycles. The summed E-state index contributed by atoms with van der Waals surface area (Å²) in [4.78, 5) is 11.8. The molecule has 0 saturated heterocycles. The monoisotopic (exact) mass is 234 g/mol. The predicted molar refractivity (Wildman–Crippen MR) is 63.2 cm³/mol. The van der Waals surface area contributed by atoms with E-state index in [9.17, 15) is 9.18 Å². The van der Waals surface area contributed by atoms with E-state index in [1.165, 1.54) is 25.0 Å². The summed E-state index contributed by atoms with van der Waals surface area (Å²) in [6, 6.07) is 4.44. The van der Waals surface area contributed by atoms with E-state index < -0.39 is 0 Å². The summed E-state index contributed by atoms with van der Waals surface area (Å²) in [5, 5.41) is 6.11. The van der Waals surface area contributed by atoms with E-state index >= 15 is 0 Å². The van der Waals surface area contributed by atoms with Crippen LogP contribution in [0.25, 0.3) is 0 Å². The van der Waals surface area contributed by atoms with Gasteiger partial charge in [-0.25, -0.2) is 4.39 Å². The lowest BCUT2D eigenvalue weighted by Crippen LogP contribution is -2.34. The van der Waals surface area contributed by atoms with Crippen molar-refractivity contribution in [2.75, 3.05) is 5.32 Å². The summed E-state index contributed by atoms with van der Waals surface area (Å²) in [7, 11) is 0. The van der Waals surface area contributed by atoms with Gasteiger partial charge in [-0.3, -0.25) is 10.1 Å². The number of rotatable bonds is 2. The van der Waals surface area contributed by atoms with Crippen molar-refractivity contribution in [3.8, 4) is 0 Å². The number of halogens is 1. The molecule has 4 heteroatoms. The zero-order chi connectivity index (χ0) is 11.8. The first-order chi connectivity index (χ1) is 8.24. The van der Waals surface area contributed by atoms with Gasteiger partial charge in [-0.05, 0) is 31.0 Å². The molecule has 1 heterocycles. The second-order valence-corrected chi connectivity index (χ2v) is 4.80. The first-order valence-electron chi connectivity index (χ1n) is 6.10. The number of carbonyl (C=O) groups is 1. The quantitative estimate of drug-likeness (QED) is 0.824. The molecule has 1 atom stereocenters. The third-order valence-corrected chi connectivity index (χ3v) is 3.60. The van der Waals surface area contributed by atoms with Crippen molar-refractivity contribution < 1.29 is 9.18 Å². The van der Waals surface area contributed by atoms with Gasteiger partial charge in [0.25, 0.3) is 0 Å². The van der Waals surface area contributed by atoms with Crippen LogP contribution < -0.4 is 10.6 Å². The molecule has 1 aliphatic heterocycles. The number of amides is 1. The van der Waals surface area contributed by atoms with Crippen molar-refractivity contribution in [3.63, 3.8) is 0 Å². The summed E-state index contributed by atoms with van der Waals surface area (Å²) in [6.45, 7) is 0. The van der Waals surface area contributed by atoms with Gasteiger partial charge in [0.05, 0.1) is 0 Å². The first-order valence-corrected chi connectivity index (χ1v) is 6.10. The van der Waals surface area contributed by atoms with Crippen LogP contribution in [0.2, 0.25) is 0 Å². The Bertz CT molecular complexity index is 455. The lowest BCUT2D eigenvalue weighted by molar-refractivity contribution is -0.117. The molecule has 1 aromatic rings. The van der Waals surface area contributed by atoms with Gasteiger partial charge in [0.1, 0.15) is 11.9 Å². The van der Waals surface area contributed by atoms with Crippen molar-refractivity contribution >= 4 is 11.6 Å². The second kappa shape index (κ2) is 4.11.